The van der Waals surface area contributed by atoms with Crippen LogP contribution in [-0.4, -0.2) is 5.71 Å². The van der Waals surface area contributed by atoms with Crippen LogP contribution >= 0.6 is 11.3 Å². The number of aryl methyl sites for hydroxylation is 2. The smallest absolute Gasteiger partial charge is 0.0366 e. The van der Waals surface area contributed by atoms with Crippen LogP contribution in [0.25, 0.3) is 0 Å². The van der Waals surface area contributed by atoms with Crippen LogP contribution in [0.2, 0.25) is 0 Å². The van der Waals surface area contributed by atoms with Gasteiger partial charge in [-0.25, -0.2) is 0 Å². The lowest BCUT2D eigenvalue weighted by Crippen LogP contribution is -1.89. The Morgan fingerprint density at radius 2 is 2.10 bits per heavy atom. The molecule has 1 aromatic rings. The van der Waals surface area contributed by atoms with Crippen molar-refractivity contribution in [3.63, 3.8) is 0 Å². The van der Waals surface area contributed by atoms with Crippen LogP contribution in [-0.2, 0) is 0 Å². The Kier molecular flexibility index (Phi) is 1.90. The van der Waals surface area contributed by atoms with Crippen LogP contribution in [0.4, 0.5) is 0 Å². The van der Waals surface area contributed by atoms with Crippen molar-refractivity contribution >= 4 is 17.0 Å². The summed E-state index contributed by atoms with van der Waals surface area (Å²) in [6, 6.07) is 2.07. The van der Waals surface area contributed by atoms with Gasteiger partial charge in [0.1, 0.15) is 0 Å². The third kappa shape index (κ3) is 1.27. The Balaban J connectivity index is 3.15. The van der Waals surface area contributed by atoms with Gasteiger partial charge in [0.2, 0.25) is 0 Å². The minimum atomic E-state index is 0.668. The van der Waals surface area contributed by atoms with E-state index in [9.17, 15) is 0 Å². The van der Waals surface area contributed by atoms with Gasteiger partial charge in [-0.2, -0.15) is 0 Å². The van der Waals surface area contributed by atoms with E-state index in [-0.39, 0.29) is 0 Å². The summed E-state index contributed by atoms with van der Waals surface area (Å²) in [7, 11) is 0. The molecule has 0 bridgehead atoms. The standard InChI is InChI=1S/C8H11NS/c1-5-4-8(6(2)9)7(3)10-5/h4,9H,1-3H3. The summed E-state index contributed by atoms with van der Waals surface area (Å²) >= 11 is 1.76. The molecular weight excluding hydrogens is 142 g/mol. The first-order valence-electron chi connectivity index (χ1n) is 3.24. The summed E-state index contributed by atoms with van der Waals surface area (Å²) in [5.41, 5.74) is 1.77. The van der Waals surface area contributed by atoms with Crippen molar-refractivity contribution in [2.24, 2.45) is 0 Å². The largest absolute Gasteiger partial charge is 0.305 e. The highest BCUT2D eigenvalue weighted by Crippen LogP contribution is 2.20. The molecular formula is C8H11NS. The highest BCUT2D eigenvalue weighted by atomic mass is 32.1. The van der Waals surface area contributed by atoms with Crippen molar-refractivity contribution in [1.82, 2.24) is 0 Å². The Morgan fingerprint density at radius 3 is 2.30 bits per heavy atom. The maximum absolute atomic E-state index is 7.40. The molecule has 10 heavy (non-hydrogen) atoms. The number of rotatable bonds is 1. The summed E-state index contributed by atoms with van der Waals surface area (Å²) in [5, 5.41) is 7.40. The molecule has 2 heteroatoms. The van der Waals surface area contributed by atoms with Gasteiger partial charge in [0.15, 0.2) is 0 Å². The first-order chi connectivity index (χ1) is 4.61. The van der Waals surface area contributed by atoms with Crippen LogP contribution in [0.15, 0.2) is 6.07 Å². The normalized spacial score (nSPS) is 9.90. The lowest BCUT2D eigenvalue weighted by atomic mass is 10.2. The fraction of sp³-hybridized carbons (Fsp3) is 0.375. The van der Waals surface area contributed by atoms with Crippen LogP contribution < -0.4 is 0 Å². The molecule has 0 atom stereocenters. The zero-order valence-corrected chi connectivity index (χ0v) is 7.30. The molecule has 0 saturated carbocycles. The summed E-state index contributed by atoms with van der Waals surface area (Å²) in [6.45, 7) is 5.96. The van der Waals surface area contributed by atoms with Gasteiger partial charge in [0.05, 0.1) is 0 Å². The summed E-state index contributed by atoms with van der Waals surface area (Å²) in [6.07, 6.45) is 0. The summed E-state index contributed by atoms with van der Waals surface area (Å²) in [4.78, 5) is 2.55. The molecule has 0 aliphatic rings. The van der Waals surface area contributed by atoms with Crippen molar-refractivity contribution < 1.29 is 0 Å². The third-order valence-corrected chi connectivity index (χ3v) is 2.41. The van der Waals surface area contributed by atoms with E-state index in [4.69, 9.17) is 5.41 Å². The van der Waals surface area contributed by atoms with Gasteiger partial charge in [-0.15, -0.1) is 11.3 Å². The Labute approximate surface area is 65.2 Å². The highest BCUT2D eigenvalue weighted by molar-refractivity contribution is 7.12. The van der Waals surface area contributed by atoms with Crippen LogP contribution in [0.3, 0.4) is 0 Å². The molecule has 0 amide bonds. The second kappa shape index (κ2) is 2.54. The molecule has 1 heterocycles. The van der Waals surface area contributed by atoms with E-state index in [0.717, 1.165) is 5.56 Å². The maximum atomic E-state index is 7.40. The fourth-order valence-corrected chi connectivity index (χ4v) is 1.98. The molecule has 0 aliphatic heterocycles. The minimum absolute atomic E-state index is 0.668. The molecule has 0 aromatic carbocycles. The van der Waals surface area contributed by atoms with Crippen LogP contribution in [0.5, 0.6) is 0 Å². The summed E-state index contributed by atoms with van der Waals surface area (Å²) in [5.74, 6) is 0. The predicted molar refractivity (Wildman–Crippen MR) is 46.3 cm³/mol. The molecule has 54 valence electrons. The van der Waals surface area contributed by atoms with Crippen molar-refractivity contribution in [2.75, 3.05) is 0 Å². The van der Waals surface area contributed by atoms with Crippen molar-refractivity contribution in [2.45, 2.75) is 20.8 Å². The lowest BCUT2D eigenvalue weighted by molar-refractivity contribution is 1.44. The van der Waals surface area contributed by atoms with E-state index in [1.165, 1.54) is 9.75 Å². The highest BCUT2D eigenvalue weighted by Gasteiger charge is 2.02. The first-order valence-corrected chi connectivity index (χ1v) is 4.05. The molecule has 1 rings (SSSR count). The van der Waals surface area contributed by atoms with E-state index in [1.54, 1.807) is 11.3 Å². The zero-order valence-electron chi connectivity index (χ0n) is 6.49. The molecule has 0 aliphatic carbocycles. The molecule has 1 aromatic heterocycles. The molecule has 0 radical (unpaired) electrons. The maximum Gasteiger partial charge on any atom is 0.0366 e. The summed E-state index contributed by atoms with van der Waals surface area (Å²) < 4.78 is 0. The average Bonchev–Trinajstić information content (AvgIpc) is 2.10. The van der Waals surface area contributed by atoms with E-state index < -0.39 is 0 Å². The van der Waals surface area contributed by atoms with E-state index in [0.29, 0.717) is 5.71 Å². The van der Waals surface area contributed by atoms with Crippen molar-refractivity contribution in [3.8, 4) is 0 Å². The lowest BCUT2D eigenvalue weighted by Gasteiger charge is -1.91. The van der Waals surface area contributed by atoms with E-state index in [1.807, 2.05) is 6.92 Å². The topological polar surface area (TPSA) is 23.9 Å². The number of thiophene rings is 1. The van der Waals surface area contributed by atoms with E-state index in [2.05, 4.69) is 19.9 Å². The van der Waals surface area contributed by atoms with Crippen molar-refractivity contribution in [3.05, 3.63) is 21.4 Å². The second-order valence-electron chi connectivity index (χ2n) is 2.45. The van der Waals surface area contributed by atoms with Gasteiger partial charge in [-0.3, -0.25) is 0 Å². The molecule has 0 unspecified atom stereocenters. The second-order valence-corrected chi connectivity index (χ2v) is 3.91. The average molecular weight is 153 g/mol. The molecule has 0 saturated heterocycles. The molecule has 0 spiro atoms. The van der Waals surface area contributed by atoms with Gasteiger partial charge in [-0.1, -0.05) is 0 Å². The van der Waals surface area contributed by atoms with Crippen LogP contribution in [0, 0.1) is 19.3 Å². The SMILES string of the molecule is CC(=N)c1cc(C)sc1C. The quantitative estimate of drug-likeness (QED) is 0.600. The number of nitrogens with one attached hydrogen (secondary N) is 1. The molecule has 1 nitrogen and oxygen atoms in total. The monoisotopic (exact) mass is 153 g/mol. The Morgan fingerprint density at radius 1 is 1.50 bits per heavy atom. The minimum Gasteiger partial charge on any atom is -0.305 e. The van der Waals surface area contributed by atoms with Gasteiger partial charge < -0.3 is 5.41 Å². The Bertz CT molecular complexity index is 260. The van der Waals surface area contributed by atoms with Gasteiger partial charge in [0, 0.05) is 21.0 Å². The van der Waals surface area contributed by atoms with Gasteiger partial charge in [-0.05, 0) is 26.8 Å². The zero-order chi connectivity index (χ0) is 7.72. The van der Waals surface area contributed by atoms with Crippen molar-refractivity contribution in [1.29, 1.82) is 5.41 Å². The Hall–Kier alpha value is -0.630. The third-order valence-electron chi connectivity index (χ3n) is 1.44. The number of hydrogen-bond acceptors (Lipinski definition) is 2. The van der Waals surface area contributed by atoms with Crippen LogP contribution in [0.1, 0.15) is 22.2 Å². The van der Waals surface area contributed by atoms with E-state index >= 15 is 0 Å². The molecule has 0 fully saturated rings. The van der Waals surface area contributed by atoms with Gasteiger partial charge >= 0.3 is 0 Å². The first kappa shape index (κ1) is 7.48. The van der Waals surface area contributed by atoms with Gasteiger partial charge in [0.25, 0.3) is 0 Å². The molecule has 1 N–H and O–H groups in total. The fourth-order valence-electron chi connectivity index (χ4n) is 1.00. The number of hydrogen-bond donors (Lipinski definition) is 1. The predicted octanol–water partition coefficient (Wildman–Crippen LogP) is 2.75.